The molecule has 1 atom stereocenters. The monoisotopic (exact) mass is 206 g/mol. The third-order valence-electron chi connectivity index (χ3n) is 2.18. The number of benzene rings is 2. The zero-order valence-electron chi connectivity index (χ0n) is 7.73. The molecule has 0 bridgehead atoms. The predicted molar refractivity (Wildman–Crippen MR) is 57.7 cm³/mol. The third kappa shape index (κ3) is 1.56. The summed E-state index contributed by atoms with van der Waals surface area (Å²) in [5.74, 6) is 0. The van der Waals surface area contributed by atoms with E-state index in [4.69, 9.17) is 4.55 Å². The summed E-state index contributed by atoms with van der Waals surface area (Å²) >= 11 is -1.91. The van der Waals surface area contributed by atoms with Crippen LogP contribution in [0.3, 0.4) is 0 Å². The Bertz CT molecular complexity index is 506. The molecule has 2 nitrogen and oxygen atoms in total. The van der Waals surface area contributed by atoms with Gasteiger partial charge in [0.15, 0.2) is 11.1 Å². The van der Waals surface area contributed by atoms with E-state index < -0.39 is 11.1 Å². The van der Waals surface area contributed by atoms with Crippen LogP contribution in [0.1, 0.15) is 5.56 Å². The van der Waals surface area contributed by atoms with Gasteiger partial charge in [-0.15, -0.1) is 0 Å². The van der Waals surface area contributed by atoms with Crippen LogP contribution in [0.15, 0.2) is 41.3 Å². The van der Waals surface area contributed by atoms with E-state index in [-0.39, 0.29) is 0 Å². The molecule has 0 aliphatic carbocycles. The van der Waals surface area contributed by atoms with Crippen LogP contribution in [0.5, 0.6) is 0 Å². The van der Waals surface area contributed by atoms with Gasteiger partial charge in [-0.2, -0.15) is 0 Å². The molecule has 0 heterocycles. The molecule has 0 fully saturated rings. The van der Waals surface area contributed by atoms with Crippen LogP contribution in [0.2, 0.25) is 0 Å². The van der Waals surface area contributed by atoms with Crippen molar-refractivity contribution in [3.8, 4) is 0 Å². The maximum atomic E-state index is 11.0. The van der Waals surface area contributed by atoms with Crippen molar-refractivity contribution in [2.45, 2.75) is 11.8 Å². The second-order valence-corrected chi connectivity index (χ2v) is 4.17. The molecule has 3 heteroatoms. The Hall–Kier alpha value is -1.19. The van der Waals surface area contributed by atoms with Crippen LogP contribution in [-0.2, 0) is 11.1 Å². The smallest absolute Gasteiger partial charge is 0.187 e. The van der Waals surface area contributed by atoms with Gasteiger partial charge in [0.1, 0.15) is 0 Å². The summed E-state index contributed by atoms with van der Waals surface area (Å²) in [7, 11) is 0. The normalized spacial score (nSPS) is 13.0. The molecule has 14 heavy (non-hydrogen) atoms. The van der Waals surface area contributed by atoms with Gasteiger partial charge in [-0.05, 0) is 18.4 Å². The highest BCUT2D eigenvalue weighted by atomic mass is 32.2. The molecule has 0 radical (unpaired) electrons. The van der Waals surface area contributed by atoms with Crippen molar-refractivity contribution < 1.29 is 8.76 Å². The fraction of sp³-hybridized carbons (Fsp3) is 0.0909. The second kappa shape index (κ2) is 3.52. The van der Waals surface area contributed by atoms with Crippen molar-refractivity contribution in [1.29, 1.82) is 0 Å². The van der Waals surface area contributed by atoms with Gasteiger partial charge in [0, 0.05) is 5.39 Å². The summed E-state index contributed by atoms with van der Waals surface area (Å²) in [6, 6.07) is 11.2. The maximum Gasteiger partial charge on any atom is 0.187 e. The van der Waals surface area contributed by atoms with Crippen LogP contribution < -0.4 is 0 Å². The highest BCUT2D eigenvalue weighted by molar-refractivity contribution is 7.79. The predicted octanol–water partition coefficient (Wildman–Crippen LogP) is 2.73. The topological polar surface area (TPSA) is 37.3 Å². The van der Waals surface area contributed by atoms with Gasteiger partial charge in [-0.3, -0.25) is 0 Å². The minimum Gasteiger partial charge on any atom is -0.302 e. The first-order chi connectivity index (χ1) is 6.68. The van der Waals surface area contributed by atoms with Crippen LogP contribution in [-0.4, -0.2) is 8.76 Å². The molecule has 2 aromatic rings. The molecule has 0 saturated carbocycles. The zero-order chi connectivity index (χ0) is 10.1. The summed E-state index contributed by atoms with van der Waals surface area (Å²) in [5.41, 5.74) is 1.15. The lowest BCUT2D eigenvalue weighted by atomic mass is 10.1. The largest absolute Gasteiger partial charge is 0.302 e. The summed E-state index contributed by atoms with van der Waals surface area (Å²) in [4.78, 5) is 0.475. The Morgan fingerprint density at radius 3 is 2.71 bits per heavy atom. The van der Waals surface area contributed by atoms with E-state index in [0.29, 0.717) is 4.90 Å². The zero-order valence-corrected chi connectivity index (χ0v) is 8.54. The first kappa shape index (κ1) is 9.37. The average molecular weight is 206 g/mol. The van der Waals surface area contributed by atoms with E-state index in [2.05, 4.69) is 0 Å². The number of hydrogen-bond acceptors (Lipinski definition) is 1. The molecular formula is C11H10O2S. The van der Waals surface area contributed by atoms with E-state index in [1.165, 1.54) is 0 Å². The lowest BCUT2D eigenvalue weighted by molar-refractivity contribution is 0.565. The molecule has 2 aromatic carbocycles. The van der Waals surface area contributed by atoms with E-state index in [0.717, 1.165) is 16.3 Å². The van der Waals surface area contributed by atoms with Crippen LogP contribution >= 0.6 is 0 Å². The number of hydrogen-bond donors (Lipinski definition) is 1. The van der Waals surface area contributed by atoms with Crippen LogP contribution in [0.4, 0.5) is 0 Å². The van der Waals surface area contributed by atoms with Crippen LogP contribution in [0.25, 0.3) is 10.8 Å². The summed E-state index contributed by atoms with van der Waals surface area (Å²) < 4.78 is 20.1. The molecular weight excluding hydrogens is 196 g/mol. The molecule has 0 amide bonds. The maximum absolute atomic E-state index is 11.0. The summed E-state index contributed by atoms with van der Waals surface area (Å²) in [6.45, 7) is 2.00. The minimum absolute atomic E-state index is 0.475. The van der Waals surface area contributed by atoms with Crippen molar-refractivity contribution in [1.82, 2.24) is 0 Å². The lowest BCUT2D eigenvalue weighted by Gasteiger charge is -2.03. The van der Waals surface area contributed by atoms with Gasteiger partial charge in [0.05, 0.1) is 4.90 Å². The Kier molecular flexibility index (Phi) is 2.35. The Balaban J connectivity index is 2.81. The van der Waals surface area contributed by atoms with E-state index in [1.54, 1.807) is 12.1 Å². The molecule has 72 valence electrons. The first-order valence-electron chi connectivity index (χ1n) is 4.29. The fourth-order valence-corrected chi connectivity index (χ4v) is 2.09. The van der Waals surface area contributed by atoms with Gasteiger partial charge >= 0.3 is 0 Å². The number of aryl methyl sites for hydroxylation is 1. The highest BCUT2D eigenvalue weighted by Crippen LogP contribution is 2.21. The summed E-state index contributed by atoms with van der Waals surface area (Å²) in [5, 5.41) is 1.85. The van der Waals surface area contributed by atoms with Gasteiger partial charge in [-0.1, -0.05) is 35.9 Å². The van der Waals surface area contributed by atoms with Crippen molar-refractivity contribution in [3.63, 3.8) is 0 Å². The number of fused-ring (bicyclic) bond motifs is 1. The molecule has 0 saturated heterocycles. The molecule has 2 rings (SSSR count). The standard InChI is InChI=1S/C11H10O2S/c1-8-5-6-10-9(7-8)3-2-4-11(10)14(12)13/h2-7H,1H3,(H,12,13). The fourth-order valence-electron chi connectivity index (χ4n) is 1.53. The Morgan fingerprint density at radius 1 is 1.21 bits per heavy atom. The highest BCUT2D eigenvalue weighted by Gasteiger charge is 2.04. The molecule has 0 aromatic heterocycles. The van der Waals surface area contributed by atoms with Crippen molar-refractivity contribution in [2.24, 2.45) is 0 Å². The second-order valence-electron chi connectivity index (χ2n) is 3.23. The third-order valence-corrected chi connectivity index (χ3v) is 2.92. The lowest BCUT2D eigenvalue weighted by Crippen LogP contribution is -1.89. The summed E-state index contributed by atoms with van der Waals surface area (Å²) in [6.07, 6.45) is 0. The van der Waals surface area contributed by atoms with Gasteiger partial charge < -0.3 is 4.55 Å². The van der Waals surface area contributed by atoms with Gasteiger partial charge in [-0.25, -0.2) is 4.21 Å². The minimum atomic E-state index is -1.91. The first-order valence-corrected chi connectivity index (χ1v) is 5.39. The van der Waals surface area contributed by atoms with Gasteiger partial charge in [0.2, 0.25) is 0 Å². The SMILES string of the molecule is Cc1ccc2c(S(=O)O)cccc2c1. The van der Waals surface area contributed by atoms with E-state index >= 15 is 0 Å². The molecule has 0 aliphatic heterocycles. The van der Waals surface area contributed by atoms with Crippen LogP contribution in [0, 0.1) is 6.92 Å². The average Bonchev–Trinajstić information content (AvgIpc) is 2.16. The van der Waals surface area contributed by atoms with E-state index in [9.17, 15) is 4.21 Å². The van der Waals surface area contributed by atoms with Crippen molar-refractivity contribution >= 4 is 21.9 Å². The van der Waals surface area contributed by atoms with Crippen molar-refractivity contribution in [3.05, 3.63) is 42.0 Å². The number of rotatable bonds is 1. The van der Waals surface area contributed by atoms with Crippen molar-refractivity contribution in [2.75, 3.05) is 0 Å². The van der Waals surface area contributed by atoms with E-state index in [1.807, 2.05) is 31.2 Å². The quantitative estimate of drug-likeness (QED) is 0.728. The molecule has 1 unspecified atom stereocenters. The molecule has 1 N–H and O–H groups in total. The Morgan fingerprint density at radius 2 is 2.00 bits per heavy atom. The molecule has 0 aliphatic rings. The molecule has 0 spiro atoms. The Labute approximate surface area is 84.9 Å². The van der Waals surface area contributed by atoms with Gasteiger partial charge in [0.25, 0.3) is 0 Å².